The molecule has 9 nitrogen and oxygen atoms in total. The Hall–Kier alpha value is -3.11. The van der Waals surface area contributed by atoms with Crippen LogP contribution in [0.3, 0.4) is 0 Å². The van der Waals surface area contributed by atoms with Crippen LogP contribution in [-0.2, 0) is 0 Å². The lowest BCUT2D eigenvalue weighted by atomic mass is 10.2. The van der Waals surface area contributed by atoms with Crippen LogP contribution in [0.2, 0.25) is 0 Å². The summed E-state index contributed by atoms with van der Waals surface area (Å²) in [5.74, 6) is 0.182. The second kappa shape index (κ2) is 9.17. The van der Waals surface area contributed by atoms with Crippen LogP contribution >= 0.6 is 12.4 Å². The predicted octanol–water partition coefficient (Wildman–Crippen LogP) is 2.19. The Balaban J connectivity index is 0.00000245. The highest BCUT2D eigenvalue weighted by molar-refractivity contribution is 5.94. The van der Waals surface area contributed by atoms with Gasteiger partial charge in [-0.2, -0.15) is 0 Å². The van der Waals surface area contributed by atoms with Crippen molar-refractivity contribution >= 4 is 46.8 Å². The molecule has 1 saturated heterocycles. The minimum absolute atomic E-state index is 0. The minimum Gasteiger partial charge on any atom is -0.385 e. The van der Waals surface area contributed by atoms with E-state index in [9.17, 15) is 9.18 Å². The first-order valence-electron chi connectivity index (χ1n) is 10.5. The summed E-state index contributed by atoms with van der Waals surface area (Å²) in [6.07, 6.45) is 0.848. The summed E-state index contributed by atoms with van der Waals surface area (Å²) in [5.41, 5.74) is 3.57. The summed E-state index contributed by atoms with van der Waals surface area (Å²) in [6, 6.07) is 9.60. The molecule has 3 aromatic rings. The quantitative estimate of drug-likeness (QED) is 0.447. The number of carbonyl (C=O) groups excluding carboxylic acids is 1. The summed E-state index contributed by atoms with van der Waals surface area (Å²) >= 11 is 0. The SMILES string of the molecule is CNc1cc(Nc2cccc(N3CCNCC3)c2)nn2c(C(=O)N[C@@H]3C[C@@H]3F)cnc12.Cl. The van der Waals surface area contributed by atoms with Crippen molar-refractivity contribution in [2.45, 2.75) is 18.6 Å². The van der Waals surface area contributed by atoms with E-state index in [1.807, 2.05) is 18.2 Å². The summed E-state index contributed by atoms with van der Waals surface area (Å²) < 4.78 is 14.7. The van der Waals surface area contributed by atoms with Gasteiger partial charge in [0.1, 0.15) is 6.17 Å². The maximum absolute atomic E-state index is 13.2. The average Bonchev–Trinajstić information content (AvgIpc) is 3.31. The number of rotatable bonds is 6. The Morgan fingerprint density at radius 2 is 2.03 bits per heavy atom. The zero-order valence-electron chi connectivity index (χ0n) is 17.6. The summed E-state index contributed by atoms with van der Waals surface area (Å²) in [6.45, 7) is 3.87. The Labute approximate surface area is 191 Å². The van der Waals surface area contributed by atoms with E-state index in [4.69, 9.17) is 0 Å². The Bertz CT molecular complexity index is 1120. The second-order valence-electron chi connectivity index (χ2n) is 7.82. The molecule has 4 N–H and O–H groups in total. The Morgan fingerprint density at radius 3 is 2.75 bits per heavy atom. The number of nitrogens with zero attached hydrogens (tertiary/aromatic N) is 4. The molecule has 2 aliphatic rings. The van der Waals surface area contributed by atoms with Crippen LogP contribution < -0.4 is 26.2 Å². The molecule has 2 aromatic heterocycles. The van der Waals surface area contributed by atoms with Gasteiger partial charge in [-0.3, -0.25) is 4.79 Å². The van der Waals surface area contributed by atoms with Crippen molar-refractivity contribution in [2.75, 3.05) is 48.8 Å². The smallest absolute Gasteiger partial charge is 0.271 e. The van der Waals surface area contributed by atoms with Crippen molar-refractivity contribution in [3.05, 3.63) is 42.2 Å². The van der Waals surface area contributed by atoms with E-state index in [2.05, 4.69) is 48.4 Å². The van der Waals surface area contributed by atoms with Crippen LogP contribution in [0.1, 0.15) is 16.9 Å². The summed E-state index contributed by atoms with van der Waals surface area (Å²) in [7, 11) is 1.79. The molecule has 0 unspecified atom stereocenters. The van der Waals surface area contributed by atoms with Gasteiger partial charge in [-0.25, -0.2) is 13.9 Å². The van der Waals surface area contributed by atoms with Crippen LogP contribution in [0, 0.1) is 0 Å². The molecule has 0 radical (unpaired) electrons. The van der Waals surface area contributed by atoms with Crippen LogP contribution in [0.25, 0.3) is 5.65 Å². The third-order valence-corrected chi connectivity index (χ3v) is 5.60. The van der Waals surface area contributed by atoms with E-state index >= 15 is 0 Å². The highest BCUT2D eigenvalue weighted by Gasteiger charge is 2.39. The van der Waals surface area contributed by atoms with Crippen molar-refractivity contribution in [1.82, 2.24) is 25.2 Å². The number of piperazine rings is 1. The molecule has 0 spiro atoms. The maximum Gasteiger partial charge on any atom is 0.271 e. The number of benzene rings is 1. The number of nitrogens with one attached hydrogen (secondary N) is 4. The molecular weight excluding hydrogens is 435 g/mol. The fraction of sp³-hybridized carbons (Fsp3) is 0.381. The fourth-order valence-electron chi connectivity index (χ4n) is 3.78. The molecule has 1 aliphatic carbocycles. The van der Waals surface area contributed by atoms with Crippen LogP contribution in [-0.4, -0.2) is 65.9 Å². The van der Waals surface area contributed by atoms with Crippen molar-refractivity contribution in [1.29, 1.82) is 0 Å². The first kappa shape index (κ1) is 22.1. The van der Waals surface area contributed by atoms with E-state index in [1.165, 1.54) is 10.7 Å². The van der Waals surface area contributed by atoms with Gasteiger partial charge in [0, 0.05) is 57.1 Å². The summed E-state index contributed by atoms with van der Waals surface area (Å²) in [5, 5.41) is 17.1. The first-order valence-corrected chi connectivity index (χ1v) is 10.5. The van der Waals surface area contributed by atoms with Crippen LogP contribution in [0.5, 0.6) is 0 Å². The molecule has 2 fully saturated rings. The van der Waals surface area contributed by atoms with Gasteiger partial charge in [-0.15, -0.1) is 17.5 Å². The minimum atomic E-state index is -0.968. The maximum atomic E-state index is 13.2. The molecule has 1 aliphatic heterocycles. The predicted molar refractivity (Wildman–Crippen MR) is 125 cm³/mol. The van der Waals surface area contributed by atoms with Crippen molar-refractivity contribution in [3.8, 4) is 0 Å². The average molecular weight is 461 g/mol. The molecule has 11 heteroatoms. The lowest BCUT2D eigenvalue weighted by Crippen LogP contribution is -2.43. The number of carbonyl (C=O) groups is 1. The lowest BCUT2D eigenvalue weighted by Gasteiger charge is -2.29. The van der Waals surface area contributed by atoms with Crippen LogP contribution in [0.15, 0.2) is 36.5 Å². The largest absolute Gasteiger partial charge is 0.385 e. The standard InChI is InChI=1S/C21H25FN8O.ClH/c1-23-17-11-19(26-13-3-2-4-14(9-13)29-7-5-24-6-8-29)28-30-18(12-25-20(17)30)21(31)27-16-10-15(16)22;/h2-4,9,11-12,15-16,23-24H,5-8,10H2,1H3,(H,26,28)(H,27,31);1H/t15-,16+;/m0./s1. The molecule has 0 bridgehead atoms. The number of hydrogen-bond acceptors (Lipinski definition) is 7. The number of anilines is 4. The van der Waals surface area contributed by atoms with Crippen molar-refractivity contribution in [2.24, 2.45) is 0 Å². The van der Waals surface area contributed by atoms with Gasteiger partial charge in [0.25, 0.3) is 5.91 Å². The number of fused-ring (bicyclic) bond motifs is 1. The zero-order valence-corrected chi connectivity index (χ0v) is 18.5. The highest BCUT2D eigenvalue weighted by atomic mass is 35.5. The van der Waals surface area contributed by atoms with Crippen molar-refractivity contribution < 1.29 is 9.18 Å². The number of alkyl halides is 1. The molecular formula is C21H26ClFN8O. The summed E-state index contributed by atoms with van der Waals surface area (Å²) in [4.78, 5) is 19.2. The van der Waals surface area contributed by atoms with Gasteiger partial charge in [-0.1, -0.05) is 6.07 Å². The molecule has 170 valence electrons. The normalized spacial score (nSPS) is 19.9. The van der Waals surface area contributed by atoms with Gasteiger partial charge < -0.3 is 26.2 Å². The molecule has 2 atom stereocenters. The monoisotopic (exact) mass is 460 g/mol. The third kappa shape index (κ3) is 4.42. The third-order valence-electron chi connectivity index (χ3n) is 5.60. The molecule has 1 aromatic carbocycles. The van der Waals surface area contributed by atoms with E-state index in [1.54, 1.807) is 7.05 Å². The van der Waals surface area contributed by atoms with E-state index in [-0.39, 0.29) is 24.0 Å². The number of hydrogen-bond donors (Lipinski definition) is 4. The van der Waals surface area contributed by atoms with E-state index in [0.29, 0.717) is 17.9 Å². The van der Waals surface area contributed by atoms with Gasteiger partial charge in [-0.05, 0) is 18.2 Å². The van der Waals surface area contributed by atoms with Crippen LogP contribution in [0.4, 0.5) is 27.3 Å². The molecule has 5 rings (SSSR count). The lowest BCUT2D eigenvalue weighted by molar-refractivity contribution is 0.0940. The number of aromatic nitrogens is 3. The van der Waals surface area contributed by atoms with Gasteiger partial charge >= 0.3 is 0 Å². The van der Waals surface area contributed by atoms with E-state index in [0.717, 1.165) is 43.2 Å². The van der Waals surface area contributed by atoms with Gasteiger partial charge in [0.05, 0.1) is 17.9 Å². The fourth-order valence-corrected chi connectivity index (χ4v) is 3.78. The first-order chi connectivity index (χ1) is 15.1. The molecule has 3 heterocycles. The topological polar surface area (TPSA) is 98.6 Å². The molecule has 32 heavy (non-hydrogen) atoms. The molecule has 1 amide bonds. The number of halogens is 2. The number of amides is 1. The Morgan fingerprint density at radius 1 is 1.25 bits per heavy atom. The second-order valence-corrected chi connectivity index (χ2v) is 7.82. The molecule has 1 saturated carbocycles. The Kier molecular flexibility index (Phi) is 6.33. The van der Waals surface area contributed by atoms with Gasteiger partial charge in [0.2, 0.25) is 0 Å². The van der Waals surface area contributed by atoms with E-state index < -0.39 is 12.2 Å². The number of imidazole rings is 1. The zero-order chi connectivity index (χ0) is 21.4. The van der Waals surface area contributed by atoms with Gasteiger partial charge in [0.15, 0.2) is 17.2 Å². The van der Waals surface area contributed by atoms with Crippen molar-refractivity contribution in [3.63, 3.8) is 0 Å². The highest BCUT2D eigenvalue weighted by Crippen LogP contribution is 2.27.